The van der Waals surface area contributed by atoms with E-state index < -0.39 is 4.33 Å². The molecule has 0 heterocycles. The van der Waals surface area contributed by atoms with Crippen LogP contribution in [-0.4, -0.2) is 4.33 Å². The van der Waals surface area contributed by atoms with Crippen molar-refractivity contribution >= 4 is 23.2 Å². The maximum atomic E-state index is 8.61. The number of rotatable bonds is 10. The fraction of sp³-hybridized carbons (Fsp3) is 0.929. The monoisotopic (exact) mass is 277 g/mol. The lowest BCUT2D eigenvalue weighted by molar-refractivity contribution is 0.398. The summed E-state index contributed by atoms with van der Waals surface area (Å²) in [4.78, 5) is 0. The highest BCUT2D eigenvalue weighted by atomic mass is 35.5. The largest absolute Gasteiger partial charge is 0.198 e. The maximum Gasteiger partial charge on any atom is 0.118 e. The molecule has 0 aliphatic rings. The molecular weight excluding hydrogens is 253 g/mol. The lowest BCUT2D eigenvalue weighted by Crippen LogP contribution is -2.21. The van der Waals surface area contributed by atoms with Crippen molar-refractivity contribution in [3.05, 3.63) is 0 Å². The quantitative estimate of drug-likeness (QED) is 0.363. The van der Waals surface area contributed by atoms with Gasteiger partial charge in [-0.15, -0.1) is 23.2 Å². The van der Waals surface area contributed by atoms with Crippen molar-refractivity contribution in [1.29, 1.82) is 5.26 Å². The zero-order valence-electron chi connectivity index (χ0n) is 11.1. The number of halogens is 2. The highest BCUT2D eigenvalue weighted by Gasteiger charge is 2.28. The van der Waals surface area contributed by atoms with Gasteiger partial charge >= 0.3 is 0 Å². The Morgan fingerprint density at radius 1 is 1.06 bits per heavy atom. The molecule has 3 heteroatoms. The van der Waals surface area contributed by atoms with Crippen LogP contribution in [0.1, 0.15) is 71.6 Å². The smallest absolute Gasteiger partial charge is 0.118 e. The van der Waals surface area contributed by atoms with Crippen molar-refractivity contribution in [2.24, 2.45) is 5.92 Å². The van der Waals surface area contributed by atoms with E-state index in [0.29, 0.717) is 6.42 Å². The summed E-state index contributed by atoms with van der Waals surface area (Å²) >= 11 is 12.3. The predicted octanol–water partition coefficient (Wildman–Crippen LogP) is 5.85. The number of unbranched alkanes of at least 4 members (excludes halogenated alkanes) is 5. The normalized spacial score (nSPS) is 13.4. The average Bonchev–Trinajstić information content (AvgIpc) is 2.25. The van der Waals surface area contributed by atoms with Crippen LogP contribution in [0.3, 0.4) is 0 Å². The third-order valence-corrected chi connectivity index (χ3v) is 3.84. The first-order valence-electron chi connectivity index (χ1n) is 6.77. The number of nitrogens with zero attached hydrogens (tertiary/aromatic N) is 1. The molecule has 0 radical (unpaired) electrons. The lowest BCUT2D eigenvalue weighted by atomic mass is 9.93. The van der Waals surface area contributed by atoms with Gasteiger partial charge in [-0.2, -0.15) is 5.26 Å². The minimum absolute atomic E-state index is 0.247. The molecule has 100 valence electrons. The summed E-state index contributed by atoms with van der Waals surface area (Å²) in [7, 11) is 0. The minimum Gasteiger partial charge on any atom is -0.198 e. The van der Waals surface area contributed by atoms with E-state index >= 15 is 0 Å². The van der Waals surface area contributed by atoms with Crippen LogP contribution in [0.2, 0.25) is 0 Å². The molecule has 0 N–H and O–H groups in total. The summed E-state index contributed by atoms with van der Waals surface area (Å²) in [6.07, 6.45) is 10.1. The van der Waals surface area contributed by atoms with E-state index in [4.69, 9.17) is 28.5 Å². The first kappa shape index (κ1) is 17.1. The molecule has 0 saturated carbocycles. The molecule has 0 aromatic carbocycles. The molecule has 1 atom stereocenters. The molecule has 0 spiro atoms. The van der Waals surface area contributed by atoms with Gasteiger partial charge in [0.25, 0.3) is 0 Å². The first-order valence-corrected chi connectivity index (χ1v) is 7.52. The average molecular weight is 278 g/mol. The van der Waals surface area contributed by atoms with Gasteiger partial charge < -0.3 is 0 Å². The van der Waals surface area contributed by atoms with Gasteiger partial charge in [0.05, 0.1) is 6.07 Å². The van der Waals surface area contributed by atoms with Crippen molar-refractivity contribution in [2.45, 2.75) is 76.0 Å². The second-order valence-corrected chi connectivity index (χ2v) is 6.67. The van der Waals surface area contributed by atoms with Crippen LogP contribution in [0.4, 0.5) is 0 Å². The third kappa shape index (κ3) is 9.74. The van der Waals surface area contributed by atoms with Gasteiger partial charge in [0, 0.05) is 6.42 Å². The van der Waals surface area contributed by atoms with Gasteiger partial charge in [-0.1, -0.05) is 45.4 Å². The fourth-order valence-electron chi connectivity index (χ4n) is 2.06. The summed E-state index contributed by atoms with van der Waals surface area (Å²) in [6.45, 7) is 4.07. The van der Waals surface area contributed by atoms with Gasteiger partial charge in [0.1, 0.15) is 4.33 Å². The molecule has 0 rings (SSSR count). The van der Waals surface area contributed by atoms with Crippen LogP contribution < -0.4 is 0 Å². The molecule has 0 aromatic rings. The van der Waals surface area contributed by atoms with Crippen LogP contribution in [0.15, 0.2) is 0 Å². The minimum atomic E-state index is -0.694. The Morgan fingerprint density at radius 3 is 2.18 bits per heavy atom. The highest BCUT2D eigenvalue weighted by Crippen LogP contribution is 2.36. The van der Waals surface area contributed by atoms with Gasteiger partial charge in [-0.05, 0) is 25.7 Å². The van der Waals surface area contributed by atoms with Crippen LogP contribution in [0.5, 0.6) is 0 Å². The van der Waals surface area contributed by atoms with E-state index in [9.17, 15) is 0 Å². The SMILES string of the molecule is CCCCCCCCC(CCC#N)C(C)(Cl)Cl. The number of alkyl halides is 2. The first-order chi connectivity index (χ1) is 8.02. The molecule has 1 nitrogen and oxygen atoms in total. The summed E-state index contributed by atoms with van der Waals surface area (Å²) in [6, 6.07) is 2.17. The van der Waals surface area contributed by atoms with Crippen molar-refractivity contribution in [3.63, 3.8) is 0 Å². The Hall–Kier alpha value is 0.0700. The van der Waals surface area contributed by atoms with Gasteiger partial charge in [0.15, 0.2) is 0 Å². The molecule has 1 unspecified atom stereocenters. The molecule has 0 bridgehead atoms. The Morgan fingerprint density at radius 2 is 1.65 bits per heavy atom. The topological polar surface area (TPSA) is 23.8 Å². The molecular formula is C14H25Cl2N. The number of hydrogen-bond acceptors (Lipinski definition) is 1. The van der Waals surface area contributed by atoms with Crippen molar-refractivity contribution in [1.82, 2.24) is 0 Å². The Balaban J connectivity index is 3.74. The Bertz CT molecular complexity index is 215. The lowest BCUT2D eigenvalue weighted by Gasteiger charge is -2.25. The molecule has 0 aliphatic heterocycles. The van der Waals surface area contributed by atoms with E-state index in [2.05, 4.69) is 13.0 Å². The number of hydrogen-bond donors (Lipinski definition) is 0. The van der Waals surface area contributed by atoms with Gasteiger partial charge in [-0.25, -0.2) is 0 Å². The van der Waals surface area contributed by atoms with Crippen molar-refractivity contribution < 1.29 is 0 Å². The van der Waals surface area contributed by atoms with E-state index in [1.54, 1.807) is 0 Å². The molecule has 0 aliphatic carbocycles. The van der Waals surface area contributed by atoms with Crippen LogP contribution in [0, 0.1) is 17.2 Å². The van der Waals surface area contributed by atoms with Gasteiger partial charge in [0.2, 0.25) is 0 Å². The molecule has 17 heavy (non-hydrogen) atoms. The summed E-state index contributed by atoms with van der Waals surface area (Å²) in [5.74, 6) is 0.247. The second kappa shape index (κ2) is 10.0. The van der Waals surface area contributed by atoms with Crippen LogP contribution >= 0.6 is 23.2 Å². The Kier molecular flexibility index (Phi) is 10.1. The summed E-state index contributed by atoms with van der Waals surface area (Å²) in [5, 5.41) is 8.61. The molecule has 0 fully saturated rings. The summed E-state index contributed by atoms with van der Waals surface area (Å²) in [5.41, 5.74) is 0. The van der Waals surface area contributed by atoms with E-state index in [1.165, 1.54) is 38.5 Å². The third-order valence-electron chi connectivity index (χ3n) is 3.23. The van der Waals surface area contributed by atoms with E-state index in [-0.39, 0.29) is 5.92 Å². The highest BCUT2D eigenvalue weighted by molar-refractivity contribution is 6.48. The van der Waals surface area contributed by atoms with Gasteiger partial charge in [-0.3, -0.25) is 0 Å². The predicted molar refractivity (Wildman–Crippen MR) is 76.4 cm³/mol. The van der Waals surface area contributed by atoms with Crippen LogP contribution in [0.25, 0.3) is 0 Å². The van der Waals surface area contributed by atoms with E-state index in [0.717, 1.165) is 12.8 Å². The molecule has 0 amide bonds. The van der Waals surface area contributed by atoms with Crippen LogP contribution in [-0.2, 0) is 0 Å². The number of nitriles is 1. The standard InChI is InChI=1S/C14H25Cl2N/c1-3-4-5-6-7-8-10-13(11-9-12-17)14(2,15)16/h13H,3-11H2,1-2H3. The van der Waals surface area contributed by atoms with Crippen molar-refractivity contribution in [3.8, 4) is 6.07 Å². The zero-order valence-corrected chi connectivity index (χ0v) is 12.7. The summed E-state index contributed by atoms with van der Waals surface area (Å²) < 4.78 is -0.694. The van der Waals surface area contributed by atoms with Crippen molar-refractivity contribution in [2.75, 3.05) is 0 Å². The van der Waals surface area contributed by atoms with E-state index in [1.807, 2.05) is 6.92 Å². The zero-order chi connectivity index (χ0) is 13.1. The maximum absolute atomic E-state index is 8.61. The molecule has 0 aromatic heterocycles. The Labute approximate surface area is 116 Å². The second-order valence-electron chi connectivity index (χ2n) is 4.91. The fourth-order valence-corrected chi connectivity index (χ4v) is 2.50. The molecule has 0 saturated heterocycles.